The Labute approximate surface area is 127 Å². The van der Waals surface area contributed by atoms with Crippen LogP contribution in [0.1, 0.15) is 30.9 Å². The van der Waals surface area contributed by atoms with Gasteiger partial charge in [0.15, 0.2) is 0 Å². The van der Waals surface area contributed by atoms with E-state index in [0.717, 1.165) is 6.04 Å². The van der Waals surface area contributed by atoms with E-state index in [1.165, 1.54) is 56.8 Å². The molecule has 0 amide bonds. The van der Waals surface area contributed by atoms with Crippen LogP contribution in [0.5, 0.6) is 0 Å². The fourth-order valence-corrected chi connectivity index (χ4v) is 4.11. The minimum atomic E-state index is 0.595. The van der Waals surface area contributed by atoms with Crippen LogP contribution in [-0.4, -0.2) is 54.0 Å². The Hall–Kier alpha value is -0.510. The van der Waals surface area contributed by atoms with Crippen molar-refractivity contribution in [2.24, 2.45) is 0 Å². The number of rotatable bonds is 4. The molecule has 0 saturated carbocycles. The lowest BCUT2D eigenvalue weighted by Crippen LogP contribution is -2.56. The molecule has 0 radical (unpaired) electrons. The van der Waals surface area contributed by atoms with E-state index in [-0.39, 0.29) is 0 Å². The summed E-state index contributed by atoms with van der Waals surface area (Å²) in [5.41, 5.74) is 1.50. The van der Waals surface area contributed by atoms with Crippen LogP contribution in [0.4, 0.5) is 0 Å². The molecule has 2 aliphatic rings. The molecule has 110 valence electrons. The SMILES string of the molecule is CSCCN1CC2CCCCN2CC1c1ccccc1. The zero-order valence-electron chi connectivity index (χ0n) is 12.5. The van der Waals surface area contributed by atoms with Crippen molar-refractivity contribution in [2.45, 2.75) is 31.3 Å². The van der Waals surface area contributed by atoms with E-state index < -0.39 is 0 Å². The van der Waals surface area contributed by atoms with Crippen molar-refractivity contribution in [3.05, 3.63) is 35.9 Å². The number of piperazine rings is 1. The van der Waals surface area contributed by atoms with Gasteiger partial charge in [0.05, 0.1) is 0 Å². The minimum absolute atomic E-state index is 0.595. The molecule has 0 spiro atoms. The van der Waals surface area contributed by atoms with Gasteiger partial charge in [0, 0.05) is 37.5 Å². The lowest BCUT2D eigenvalue weighted by molar-refractivity contribution is 0.0114. The highest BCUT2D eigenvalue weighted by atomic mass is 32.2. The van der Waals surface area contributed by atoms with Crippen LogP contribution in [0, 0.1) is 0 Å². The van der Waals surface area contributed by atoms with Gasteiger partial charge in [0.2, 0.25) is 0 Å². The maximum atomic E-state index is 2.75. The summed E-state index contributed by atoms with van der Waals surface area (Å²) in [7, 11) is 0. The number of benzene rings is 1. The summed E-state index contributed by atoms with van der Waals surface area (Å²) < 4.78 is 0. The fourth-order valence-electron chi connectivity index (χ4n) is 3.69. The predicted octanol–water partition coefficient (Wildman–Crippen LogP) is 3.26. The Morgan fingerprint density at radius 1 is 1.15 bits per heavy atom. The van der Waals surface area contributed by atoms with Gasteiger partial charge in [-0.15, -0.1) is 0 Å². The normalized spacial score (nSPS) is 28.2. The number of fused-ring (bicyclic) bond motifs is 1. The number of thioether (sulfide) groups is 1. The van der Waals surface area contributed by atoms with E-state index in [1.54, 1.807) is 0 Å². The third-order valence-corrected chi connectivity index (χ3v) is 5.40. The highest BCUT2D eigenvalue weighted by Gasteiger charge is 2.35. The first kappa shape index (κ1) is 14.4. The molecule has 2 atom stereocenters. The molecule has 1 aromatic rings. The summed E-state index contributed by atoms with van der Waals surface area (Å²) in [4.78, 5) is 5.48. The molecule has 0 aromatic heterocycles. The predicted molar refractivity (Wildman–Crippen MR) is 88.4 cm³/mol. The molecule has 2 heterocycles. The van der Waals surface area contributed by atoms with Gasteiger partial charge in [-0.25, -0.2) is 0 Å². The zero-order chi connectivity index (χ0) is 13.8. The van der Waals surface area contributed by atoms with Crippen molar-refractivity contribution >= 4 is 11.8 Å². The Balaban J connectivity index is 1.76. The summed E-state index contributed by atoms with van der Waals surface area (Å²) >= 11 is 1.97. The molecule has 0 N–H and O–H groups in total. The quantitative estimate of drug-likeness (QED) is 0.840. The Kier molecular flexibility index (Phi) is 5.03. The number of piperidine rings is 1. The van der Waals surface area contributed by atoms with Crippen LogP contribution in [0.25, 0.3) is 0 Å². The Bertz CT molecular complexity index is 409. The van der Waals surface area contributed by atoms with Crippen LogP contribution >= 0.6 is 11.8 Å². The largest absolute Gasteiger partial charge is 0.297 e. The topological polar surface area (TPSA) is 6.48 Å². The van der Waals surface area contributed by atoms with Gasteiger partial charge in [-0.1, -0.05) is 36.8 Å². The molecule has 0 aliphatic carbocycles. The minimum Gasteiger partial charge on any atom is -0.297 e. The average Bonchev–Trinajstić information content (AvgIpc) is 2.53. The molecule has 3 heteroatoms. The van der Waals surface area contributed by atoms with E-state index in [1.807, 2.05) is 11.8 Å². The molecule has 0 bridgehead atoms. The highest BCUT2D eigenvalue weighted by Crippen LogP contribution is 2.31. The summed E-state index contributed by atoms with van der Waals surface area (Å²) in [6, 6.07) is 12.5. The summed E-state index contributed by atoms with van der Waals surface area (Å²) in [6.45, 7) is 5.03. The van der Waals surface area contributed by atoms with Gasteiger partial charge in [-0.3, -0.25) is 9.80 Å². The maximum Gasteiger partial charge on any atom is 0.0476 e. The maximum absolute atomic E-state index is 2.75. The molecule has 2 nitrogen and oxygen atoms in total. The van der Waals surface area contributed by atoms with E-state index in [4.69, 9.17) is 0 Å². The van der Waals surface area contributed by atoms with E-state index in [9.17, 15) is 0 Å². The van der Waals surface area contributed by atoms with Crippen LogP contribution in [0.3, 0.4) is 0 Å². The monoisotopic (exact) mass is 290 g/mol. The van der Waals surface area contributed by atoms with E-state index in [0.29, 0.717) is 6.04 Å². The van der Waals surface area contributed by atoms with Gasteiger partial charge in [-0.2, -0.15) is 11.8 Å². The molecular weight excluding hydrogens is 264 g/mol. The standard InChI is InChI=1S/C17H26N2S/c1-20-12-11-19-13-16-9-5-6-10-18(16)14-17(19)15-7-3-2-4-8-15/h2-4,7-8,16-17H,5-6,9-14H2,1H3. The molecule has 2 unspecified atom stereocenters. The number of nitrogens with zero attached hydrogens (tertiary/aromatic N) is 2. The van der Waals surface area contributed by atoms with Crippen molar-refractivity contribution in [2.75, 3.05) is 38.2 Å². The third kappa shape index (κ3) is 3.21. The second-order valence-electron chi connectivity index (χ2n) is 6.06. The summed E-state index contributed by atoms with van der Waals surface area (Å²) in [5.74, 6) is 1.25. The second-order valence-corrected chi connectivity index (χ2v) is 7.04. The first-order valence-electron chi connectivity index (χ1n) is 7.90. The molecule has 2 aliphatic heterocycles. The molecular formula is C17H26N2S. The van der Waals surface area contributed by atoms with Crippen molar-refractivity contribution in [3.8, 4) is 0 Å². The van der Waals surface area contributed by atoms with Crippen molar-refractivity contribution < 1.29 is 0 Å². The van der Waals surface area contributed by atoms with E-state index >= 15 is 0 Å². The van der Waals surface area contributed by atoms with Gasteiger partial charge >= 0.3 is 0 Å². The third-order valence-electron chi connectivity index (χ3n) is 4.81. The molecule has 20 heavy (non-hydrogen) atoms. The van der Waals surface area contributed by atoms with Gasteiger partial charge in [-0.05, 0) is 31.2 Å². The Morgan fingerprint density at radius 2 is 2.00 bits per heavy atom. The second kappa shape index (κ2) is 6.97. The highest BCUT2D eigenvalue weighted by molar-refractivity contribution is 7.98. The van der Waals surface area contributed by atoms with Crippen molar-refractivity contribution in [3.63, 3.8) is 0 Å². The van der Waals surface area contributed by atoms with E-state index in [2.05, 4.69) is 46.4 Å². The molecule has 3 rings (SSSR count). The lowest BCUT2D eigenvalue weighted by atomic mass is 9.94. The first-order valence-corrected chi connectivity index (χ1v) is 9.30. The number of hydrogen-bond acceptors (Lipinski definition) is 3. The van der Waals surface area contributed by atoms with Crippen LogP contribution in [0.15, 0.2) is 30.3 Å². The van der Waals surface area contributed by atoms with Crippen LogP contribution in [0.2, 0.25) is 0 Å². The lowest BCUT2D eigenvalue weighted by Gasteiger charge is -2.48. The average molecular weight is 290 g/mol. The molecule has 2 fully saturated rings. The Morgan fingerprint density at radius 3 is 2.80 bits per heavy atom. The summed E-state index contributed by atoms with van der Waals surface area (Å²) in [5, 5.41) is 0. The first-order chi connectivity index (χ1) is 9.88. The van der Waals surface area contributed by atoms with Gasteiger partial charge in [0.25, 0.3) is 0 Å². The van der Waals surface area contributed by atoms with Crippen LogP contribution in [-0.2, 0) is 0 Å². The molecule has 1 aromatic carbocycles. The fraction of sp³-hybridized carbons (Fsp3) is 0.647. The summed E-state index contributed by atoms with van der Waals surface area (Å²) in [6.07, 6.45) is 6.43. The number of hydrogen-bond donors (Lipinski definition) is 0. The van der Waals surface area contributed by atoms with Crippen molar-refractivity contribution in [1.29, 1.82) is 0 Å². The zero-order valence-corrected chi connectivity index (χ0v) is 13.3. The van der Waals surface area contributed by atoms with Gasteiger partial charge in [0.1, 0.15) is 0 Å². The molecule has 2 saturated heterocycles. The van der Waals surface area contributed by atoms with Gasteiger partial charge < -0.3 is 0 Å². The smallest absolute Gasteiger partial charge is 0.0476 e. The van der Waals surface area contributed by atoms with Crippen LogP contribution < -0.4 is 0 Å². The van der Waals surface area contributed by atoms with Crippen molar-refractivity contribution in [1.82, 2.24) is 9.80 Å².